The molecule has 1 fully saturated rings. The summed E-state index contributed by atoms with van der Waals surface area (Å²) in [7, 11) is 0. The number of ether oxygens (including phenoxy) is 1. The largest absolute Gasteiger partial charge is 0.466 e. The minimum absolute atomic E-state index is 0.101. The van der Waals surface area contributed by atoms with Gasteiger partial charge in [-0.25, -0.2) is 0 Å². The van der Waals surface area contributed by atoms with Crippen LogP contribution in [-0.2, 0) is 9.53 Å². The number of nitrogens with zero attached hydrogens (tertiary/aromatic N) is 1. The van der Waals surface area contributed by atoms with Gasteiger partial charge in [-0.1, -0.05) is 23.7 Å². The molecular weight excluding hydrogens is 258 g/mol. The molecule has 0 N–H and O–H groups in total. The van der Waals surface area contributed by atoms with Crippen molar-refractivity contribution in [3.8, 4) is 0 Å². The number of nitro groups is 1. The van der Waals surface area contributed by atoms with E-state index in [9.17, 15) is 14.9 Å². The van der Waals surface area contributed by atoms with Crippen molar-refractivity contribution < 1.29 is 14.5 Å². The van der Waals surface area contributed by atoms with Crippen LogP contribution < -0.4 is 0 Å². The maximum Gasteiger partial charge on any atom is 0.309 e. The van der Waals surface area contributed by atoms with Gasteiger partial charge in [-0.15, -0.1) is 0 Å². The maximum absolute atomic E-state index is 11.5. The Labute approximate surface area is 109 Å². The molecule has 1 aliphatic rings. The van der Waals surface area contributed by atoms with Crippen molar-refractivity contribution in [3.05, 3.63) is 38.9 Å². The first kappa shape index (κ1) is 12.8. The Morgan fingerprint density at radius 3 is 2.94 bits per heavy atom. The summed E-state index contributed by atoms with van der Waals surface area (Å²) in [6.45, 7) is 2.05. The molecule has 2 atom stereocenters. The summed E-state index contributed by atoms with van der Waals surface area (Å²) in [6.07, 6.45) is 0.583. The van der Waals surface area contributed by atoms with E-state index in [0.29, 0.717) is 18.6 Å². The summed E-state index contributed by atoms with van der Waals surface area (Å²) in [5, 5.41) is 11.1. The summed E-state index contributed by atoms with van der Waals surface area (Å²) in [5.41, 5.74) is 0.418. The topological polar surface area (TPSA) is 69.4 Å². The van der Waals surface area contributed by atoms with Gasteiger partial charge in [-0.05, 0) is 19.4 Å². The van der Waals surface area contributed by atoms with E-state index in [1.54, 1.807) is 19.1 Å². The molecule has 2 rings (SSSR count). The zero-order valence-corrected chi connectivity index (χ0v) is 10.5. The van der Waals surface area contributed by atoms with Crippen molar-refractivity contribution in [1.82, 2.24) is 0 Å². The van der Waals surface area contributed by atoms with Crippen molar-refractivity contribution in [2.75, 3.05) is 6.61 Å². The summed E-state index contributed by atoms with van der Waals surface area (Å²) < 4.78 is 4.91. The molecular formula is C12H12ClNO4. The lowest BCUT2D eigenvalue weighted by Crippen LogP contribution is -2.07. The van der Waals surface area contributed by atoms with Gasteiger partial charge >= 0.3 is 5.97 Å². The maximum atomic E-state index is 11.5. The number of nitro benzene ring substituents is 1. The van der Waals surface area contributed by atoms with Gasteiger partial charge in [0.05, 0.1) is 17.4 Å². The molecule has 1 aromatic carbocycles. The van der Waals surface area contributed by atoms with Crippen LogP contribution in [0.5, 0.6) is 0 Å². The Hall–Kier alpha value is -1.62. The number of esters is 1. The second kappa shape index (κ2) is 4.94. The quantitative estimate of drug-likeness (QED) is 0.479. The van der Waals surface area contributed by atoms with E-state index in [2.05, 4.69) is 0 Å². The zero-order valence-electron chi connectivity index (χ0n) is 9.76. The first-order valence-corrected chi connectivity index (χ1v) is 6.03. The number of carbonyl (C=O) groups is 1. The third kappa shape index (κ3) is 2.31. The van der Waals surface area contributed by atoms with Gasteiger partial charge in [0.1, 0.15) is 5.02 Å². The zero-order chi connectivity index (χ0) is 13.3. The third-order valence-corrected chi connectivity index (χ3v) is 3.28. The number of carbonyl (C=O) groups excluding carboxylic acids is 1. The average molecular weight is 270 g/mol. The van der Waals surface area contributed by atoms with Gasteiger partial charge in [0.15, 0.2) is 0 Å². The summed E-state index contributed by atoms with van der Waals surface area (Å²) in [5.74, 6) is -0.720. The fraction of sp³-hybridized carbons (Fsp3) is 0.417. The lowest BCUT2D eigenvalue weighted by atomic mass is 10.1. The normalized spacial score (nSPS) is 21.4. The van der Waals surface area contributed by atoms with Gasteiger partial charge in [0, 0.05) is 11.5 Å². The van der Waals surface area contributed by atoms with E-state index in [4.69, 9.17) is 16.3 Å². The third-order valence-electron chi connectivity index (χ3n) is 2.98. The molecule has 1 aliphatic carbocycles. The Kier molecular flexibility index (Phi) is 3.52. The molecule has 0 heterocycles. The molecule has 1 saturated carbocycles. The number of rotatable bonds is 4. The number of para-hydroxylation sites is 1. The first-order valence-electron chi connectivity index (χ1n) is 5.65. The van der Waals surface area contributed by atoms with E-state index >= 15 is 0 Å². The van der Waals surface area contributed by atoms with Gasteiger partial charge in [-0.3, -0.25) is 14.9 Å². The molecule has 1 aromatic rings. The highest BCUT2D eigenvalue weighted by Gasteiger charge is 2.48. The van der Waals surface area contributed by atoms with Crippen LogP contribution in [0, 0.1) is 16.0 Å². The minimum Gasteiger partial charge on any atom is -0.466 e. The van der Waals surface area contributed by atoms with Crippen LogP contribution in [0.2, 0.25) is 5.02 Å². The predicted molar refractivity (Wildman–Crippen MR) is 65.6 cm³/mol. The van der Waals surface area contributed by atoms with E-state index < -0.39 is 4.92 Å². The van der Waals surface area contributed by atoms with Gasteiger partial charge < -0.3 is 4.74 Å². The Morgan fingerprint density at radius 2 is 2.33 bits per heavy atom. The number of hydrogen-bond donors (Lipinski definition) is 0. The predicted octanol–water partition coefficient (Wildman–Crippen LogP) is 2.91. The van der Waals surface area contributed by atoms with Crippen molar-refractivity contribution in [2.45, 2.75) is 19.3 Å². The van der Waals surface area contributed by atoms with Crippen LogP contribution in [0.15, 0.2) is 18.2 Å². The Morgan fingerprint density at radius 1 is 1.61 bits per heavy atom. The molecule has 0 unspecified atom stereocenters. The molecule has 0 aromatic heterocycles. The fourth-order valence-electron chi connectivity index (χ4n) is 2.07. The molecule has 5 nitrogen and oxygen atoms in total. The van der Waals surface area contributed by atoms with E-state index in [1.807, 2.05) is 0 Å². The van der Waals surface area contributed by atoms with Gasteiger partial charge in [0.25, 0.3) is 5.69 Å². The van der Waals surface area contributed by atoms with Crippen LogP contribution >= 0.6 is 11.6 Å². The second-order valence-corrected chi connectivity index (χ2v) is 4.54. The van der Waals surface area contributed by atoms with Crippen LogP contribution in [0.4, 0.5) is 5.69 Å². The molecule has 0 spiro atoms. The Balaban J connectivity index is 2.24. The van der Waals surface area contributed by atoms with Crippen LogP contribution in [0.1, 0.15) is 24.8 Å². The van der Waals surface area contributed by atoms with Crippen LogP contribution in [0.25, 0.3) is 0 Å². The van der Waals surface area contributed by atoms with E-state index in [1.165, 1.54) is 6.07 Å². The lowest BCUT2D eigenvalue weighted by molar-refractivity contribution is -0.385. The molecule has 0 bridgehead atoms. The SMILES string of the molecule is CCOC(=O)[C@H]1C[C@@H]1c1cccc(Cl)c1[N+](=O)[O-]. The average Bonchev–Trinajstić information content (AvgIpc) is 3.08. The lowest BCUT2D eigenvalue weighted by Gasteiger charge is -2.04. The number of hydrogen-bond acceptors (Lipinski definition) is 4. The van der Waals surface area contributed by atoms with Crippen molar-refractivity contribution in [1.29, 1.82) is 0 Å². The molecule has 0 aliphatic heterocycles. The van der Waals surface area contributed by atoms with Crippen molar-refractivity contribution in [2.24, 2.45) is 5.92 Å². The van der Waals surface area contributed by atoms with E-state index in [-0.39, 0.29) is 28.5 Å². The molecule has 18 heavy (non-hydrogen) atoms. The standard InChI is InChI=1S/C12H12ClNO4/c1-2-18-12(15)9-6-8(9)7-4-3-5-10(13)11(7)14(16)17/h3-5,8-9H,2,6H2,1H3/t8-,9+/m1/s1. The number of halogens is 1. The molecule has 0 amide bonds. The van der Waals surface area contributed by atoms with Crippen molar-refractivity contribution >= 4 is 23.3 Å². The molecule has 6 heteroatoms. The summed E-state index contributed by atoms with van der Waals surface area (Å²) in [4.78, 5) is 22.0. The highest BCUT2D eigenvalue weighted by atomic mass is 35.5. The van der Waals surface area contributed by atoms with Crippen LogP contribution in [0.3, 0.4) is 0 Å². The van der Waals surface area contributed by atoms with Gasteiger partial charge in [-0.2, -0.15) is 0 Å². The summed E-state index contributed by atoms with van der Waals surface area (Å²) >= 11 is 5.83. The molecule has 0 radical (unpaired) electrons. The summed E-state index contributed by atoms with van der Waals surface area (Å²) in [6, 6.07) is 4.78. The van der Waals surface area contributed by atoms with Crippen molar-refractivity contribution in [3.63, 3.8) is 0 Å². The molecule has 0 saturated heterocycles. The smallest absolute Gasteiger partial charge is 0.309 e. The highest BCUT2D eigenvalue weighted by Crippen LogP contribution is 2.51. The highest BCUT2D eigenvalue weighted by molar-refractivity contribution is 6.32. The van der Waals surface area contributed by atoms with E-state index in [0.717, 1.165) is 0 Å². The minimum atomic E-state index is -0.502. The number of benzene rings is 1. The molecule has 96 valence electrons. The first-order chi connectivity index (χ1) is 8.56. The van der Waals surface area contributed by atoms with Gasteiger partial charge in [0.2, 0.25) is 0 Å². The monoisotopic (exact) mass is 269 g/mol. The Bertz CT molecular complexity index is 503. The fourth-order valence-corrected chi connectivity index (χ4v) is 2.32. The second-order valence-electron chi connectivity index (χ2n) is 4.14. The van der Waals surface area contributed by atoms with Crippen LogP contribution in [-0.4, -0.2) is 17.5 Å².